The Hall–Kier alpha value is -1.05. The predicted octanol–water partition coefficient (Wildman–Crippen LogP) is 2.87. The Balaban J connectivity index is 0. The number of rotatable bonds is 4. The summed E-state index contributed by atoms with van der Waals surface area (Å²) < 4.78 is 0. The summed E-state index contributed by atoms with van der Waals surface area (Å²) in [5.74, 6) is 0.681. The molecule has 0 unspecified atom stereocenters. The van der Waals surface area contributed by atoms with Gasteiger partial charge >= 0.3 is 0 Å². The number of hydrogen-bond donors (Lipinski definition) is 1. The van der Waals surface area contributed by atoms with E-state index >= 15 is 0 Å². The third-order valence-electron chi connectivity index (χ3n) is 0.969. The molecule has 0 spiro atoms. The SMILES string of the molecule is C=C/C=C\N=C(N)CCC.CC. The Bertz CT molecular complexity index is 146. The van der Waals surface area contributed by atoms with Gasteiger partial charge in [-0.2, -0.15) is 0 Å². The van der Waals surface area contributed by atoms with Crippen LogP contribution in [0.15, 0.2) is 29.9 Å². The van der Waals surface area contributed by atoms with Crippen molar-refractivity contribution in [2.24, 2.45) is 10.7 Å². The van der Waals surface area contributed by atoms with E-state index in [0.717, 1.165) is 12.8 Å². The lowest BCUT2D eigenvalue weighted by molar-refractivity contribution is 0.983. The first-order valence-electron chi connectivity index (χ1n) is 4.41. The van der Waals surface area contributed by atoms with Crippen molar-refractivity contribution >= 4 is 5.84 Å². The molecule has 0 heterocycles. The zero-order chi connectivity index (χ0) is 9.82. The predicted molar refractivity (Wildman–Crippen MR) is 57.2 cm³/mol. The third-order valence-corrected chi connectivity index (χ3v) is 0.969. The molecule has 0 amide bonds. The molecule has 0 aromatic carbocycles. The lowest BCUT2D eigenvalue weighted by atomic mass is 10.3. The van der Waals surface area contributed by atoms with Gasteiger partial charge in [-0.05, 0) is 12.5 Å². The van der Waals surface area contributed by atoms with Crippen molar-refractivity contribution in [3.63, 3.8) is 0 Å². The van der Waals surface area contributed by atoms with Gasteiger partial charge in [0.05, 0.1) is 5.84 Å². The minimum absolute atomic E-state index is 0.681. The van der Waals surface area contributed by atoms with Crippen LogP contribution in [0.4, 0.5) is 0 Å². The van der Waals surface area contributed by atoms with Gasteiger partial charge in [0.25, 0.3) is 0 Å². The Morgan fingerprint density at radius 3 is 2.50 bits per heavy atom. The van der Waals surface area contributed by atoms with Crippen LogP contribution in [-0.2, 0) is 0 Å². The standard InChI is InChI=1S/C8H14N2.C2H6/c1-3-5-7-10-8(9)6-4-2;1-2/h3,5,7H,1,4,6H2,2H3,(H2,9,10);1-2H3/b7-5-;. The second kappa shape index (κ2) is 12.6. The van der Waals surface area contributed by atoms with E-state index < -0.39 is 0 Å². The highest BCUT2D eigenvalue weighted by Gasteiger charge is 1.84. The molecule has 0 aliphatic carbocycles. The van der Waals surface area contributed by atoms with Crippen molar-refractivity contribution in [3.05, 3.63) is 24.9 Å². The molecular formula is C10H20N2. The van der Waals surface area contributed by atoms with Crippen LogP contribution >= 0.6 is 0 Å². The van der Waals surface area contributed by atoms with E-state index in [1.807, 2.05) is 13.8 Å². The fourth-order valence-electron chi connectivity index (χ4n) is 0.520. The summed E-state index contributed by atoms with van der Waals surface area (Å²) in [6.45, 7) is 9.58. The molecule has 0 atom stereocenters. The zero-order valence-electron chi connectivity index (χ0n) is 8.38. The molecule has 2 nitrogen and oxygen atoms in total. The average Bonchev–Trinajstić information content (AvgIpc) is 2.09. The fourth-order valence-corrected chi connectivity index (χ4v) is 0.520. The molecule has 70 valence electrons. The van der Waals surface area contributed by atoms with E-state index in [1.54, 1.807) is 18.4 Å². The Morgan fingerprint density at radius 2 is 2.08 bits per heavy atom. The molecule has 12 heavy (non-hydrogen) atoms. The van der Waals surface area contributed by atoms with Gasteiger partial charge in [0, 0.05) is 12.6 Å². The highest BCUT2D eigenvalue weighted by molar-refractivity contribution is 5.80. The van der Waals surface area contributed by atoms with E-state index in [-0.39, 0.29) is 0 Å². The van der Waals surface area contributed by atoms with E-state index in [1.165, 1.54) is 0 Å². The summed E-state index contributed by atoms with van der Waals surface area (Å²) >= 11 is 0. The lowest BCUT2D eigenvalue weighted by Crippen LogP contribution is -2.09. The van der Waals surface area contributed by atoms with Crippen LogP contribution in [0, 0.1) is 0 Å². The third kappa shape index (κ3) is 11.7. The van der Waals surface area contributed by atoms with Crippen molar-refractivity contribution < 1.29 is 0 Å². The van der Waals surface area contributed by atoms with Gasteiger partial charge < -0.3 is 5.73 Å². The average molecular weight is 168 g/mol. The second-order valence-corrected chi connectivity index (χ2v) is 1.95. The molecule has 2 N–H and O–H groups in total. The smallest absolute Gasteiger partial charge is 0.0988 e. The summed E-state index contributed by atoms with van der Waals surface area (Å²) in [7, 11) is 0. The zero-order valence-corrected chi connectivity index (χ0v) is 8.38. The summed E-state index contributed by atoms with van der Waals surface area (Å²) in [4.78, 5) is 3.95. The Labute approximate surface area is 75.9 Å². The van der Waals surface area contributed by atoms with E-state index in [0.29, 0.717) is 5.84 Å². The van der Waals surface area contributed by atoms with Crippen molar-refractivity contribution in [2.45, 2.75) is 33.6 Å². The first kappa shape index (κ1) is 13.5. The van der Waals surface area contributed by atoms with Gasteiger partial charge in [0.1, 0.15) is 0 Å². The number of allylic oxidation sites excluding steroid dienone is 2. The van der Waals surface area contributed by atoms with Crippen molar-refractivity contribution in [1.82, 2.24) is 0 Å². The Morgan fingerprint density at radius 1 is 1.50 bits per heavy atom. The molecule has 0 rings (SSSR count). The number of nitrogens with two attached hydrogens (primary N) is 1. The molecule has 0 saturated heterocycles. The van der Waals surface area contributed by atoms with Crippen LogP contribution in [0.25, 0.3) is 0 Å². The maximum atomic E-state index is 5.49. The molecule has 0 bridgehead atoms. The summed E-state index contributed by atoms with van der Waals surface area (Å²) in [6, 6.07) is 0. The molecule has 0 aliphatic heterocycles. The Kier molecular flexibility index (Phi) is 14.2. The fraction of sp³-hybridized carbons (Fsp3) is 0.500. The van der Waals surface area contributed by atoms with Gasteiger partial charge in [-0.1, -0.05) is 33.4 Å². The monoisotopic (exact) mass is 168 g/mol. The molecule has 0 aliphatic rings. The number of aliphatic imine (C=N–C) groups is 1. The van der Waals surface area contributed by atoms with Gasteiger partial charge in [0.2, 0.25) is 0 Å². The van der Waals surface area contributed by atoms with Gasteiger partial charge in [0.15, 0.2) is 0 Å². The molecule has 0 saturated carbocycles. The summed E-state index contributed by atoms with van der Waals surface area (Å²) in [5.41, 5.74) is 5.49. The molecule has 0 aromatic heterocycles. The normalized spacial score (nSPS) is 10.8. The largest absolute Gasteiger partial charge is 0.387 e. The van der Waals surface area contributed by atoms with Crippen LogP contribution in [0.2, 0.25) is 0 Å². The highest BCUT2D eigenvalue weighted by atomic mass is 14.8. The molecule has 0 aromatic rings. The maximum absolute atomic E-state index is 5.49. The van der Waals surface area contributed by atoms with Crippen molar-refractivity contribution in [1.29, 1.82) is 0 Å². The molecule has 0 radical (unpaired) electrons. The first-order chi connectivity index (χ1) is 5.81. The molecule has 0 fully saturated rings. The maximum Gasteiger partial charge on any atom is 0.0988 e. The van der Waals surface area contributed by atoms with E-state index in [9.17, 15) is 0 Å². The number of amidine groups is 1. The topological polar surface area (TPSA) is 38.4 Å². The molecule has 2 heteroatoms. The van der Waals surface area contributed by atoms with Gasteiger partial charge in [-0.25, -0.2) is 4.99 Å². The van der Waals surface area contributed by atoms with E-state index in [4.69, 9.17) is 5.73 Å². The van der Waals surface area contributed by atoms with Gasteiger partial charge in [-0.3, -0.25) is 0 Å². The number of hydrogen-bond acceptors (Lipinski definition) is 1. The van der Waals surface area contributed by atoms with Crippen LogP contribution in [0.3, 0.4) is 0 Å². The van der Waals surface area contributed by atoms with Crippen molar-refractivity contribution in [2.75, 3.05) is 0 Å². The molecular weight excluding hydrogens is 148 g/mol. The highest BCUT2D eigenvalue weighted by Crippen LogP contribution is 1.87. The minimum atomic E-state index is 0.681. The van der Waals surface area contributed by atoms with Crippen LogP contribution in [0.1, 0.15) is 33.6 Å². The summed E-state index contributed by atoms with van der Waals surface area (Å²) in [5, 5.41) is 0. The van der Waals surface area contributed by atoms with Crippen molar-refractivity contribution in [3.8, 4) is 0 Å². The van der Waals surface area contributed by atoms with E-state index in [2.05, 4.69) is 18.5 Å². The van der Waals surface area contributed by atoms with Crippen LogP contribution < -0.4 is 5.73 Å². The number of nitrogens with zero attached hydrogens (tertiary/aromatic N) is 1. The first-order valence-corrected chi connectivity index (χ1v) is 4.41. The lowest BCUT2D eigenvalue weighted by Gasteiger charge is -1.91. The second-order valence-electron chi connectivity index (χ2n) is 1.95. The minimum Gasteiger partial charge on any atom is -0.387 e. The summed E-state index contributed by atoms with van der Waals surface area (Å²) in [6.07, 6.45) is 6.97. The quantitative estimate of drug-likeness (QED) is 0.391. The van der Waals surface area contributed by atoms with Crippen LogP contribution in [0.5, 0.6) is 0 Å². The van der Waals surface area contributed by atoms with Crippen LogP contribution in [-0.4, -0.2) is 5.84 Å². The van der Waals surface area contributed by atoms with Gasteiger partial charge in [-0.15, -0.1) is 0 Å².